The van der Waals surface area contributed by atoms with Crippen LogP contribution in [0.25, 0.3) is 5.57 Å². The van der Waals surface area contributed by atoms with Gasteiger partial charge < -0.3 is 5.11 Å². The average molecular weight is 425 g/mol. The molecule has 2 rings (SSSR count). The summed E-state index contributed by atoms with van der Waals surface area (Å²) in [4.78, 5) is 0.844. The second kappa shape index (κ2) is 7.41. The Morgan fingerprint density at radius 1 is 1.19 bits per heavy atom. The van der Waals surface area contributed by atoms with Crippen LogP contribution in [-0.2, 0) is 15.9 Å². The highest BCUT2D eigenvalue weighted by Crippen LogP contribution is 2.40. The van der Waals surface area contributed by atoms with Crippen LogP contribution in [-0.4, -0.2) is 17.6 Å². The van der Waals surface area contributed by atoms with E-state index in [2.05, 4.69) is 44.0 Å². The number of rotatable bonds is 5. The second-order valence-electron chi connectivity index (χ2n) is 9.00. The van der Waals surface area contributed by atoms with Gasteiger partial charge in [-0.25, -0.2) is 0 Å². The van der Waals surface area contributed by atoms with Crippen molar-refractivity contribution in [3.8, 4) is 0 Å². The molecule has 0 fully saturated rings. The van der Waals surface area contributed by atoms with E-state index < -0.39 is 24.1 Å². The highest BCUT2D eigenvalue weighted by Gasteiger charge is 2.39. The lowest BCUT2D eigenvalue weighted by Gasteiger charge is -2.40. The van der Waals surface area contributed by atoms with E-state index in [0.29, 0.717) is 9.77 Å². The van der Waals surface area contributed by atoms with E-state index in [4.69, 9.17) is 5.14 Å². The summed E-state index contributed by atoms with van der Waals surface area (Å²) < 4.78 is 17.4. The van der Waals surface area contributed by atoms with E-state index in [-0.39, 0.29) is 5.04 Å². The minimum absolute atomic E-state index is 0.00214. The van der Waals surface area contributed by atoms with Gasteiger partial charge in [0.1, 0.15) is 8.24 Å². The maximum Gasteiger partial charge on any atom is 0.138 e. The van der Waals surface area contributed by atoms with Crippen molar-refractivity contribution in [3.05, 3.63) is 52.6 Å². The molecule has 1 aromatic rings. The van der Waals surface area contributed by atoms with Gasteiger partial charge in [0, 0.05) is 26.3 Å². The predicted molar refractivity (Wildman–Crippen MR) is 122 cm³/mol. The van der Waals surface area contributed by atoms with Crippen molar-refractivity contribution in [2.75, 3.05) is 0 Å². The molecular weight excluding hydrogens is 392 g/mol. The molecule has 0 saturated carbocycles. The van der Waals surface area contributed by atoms with Crippen molar-refractivity contribution < 1.29 is 9.32 Å². The molecule has 27 heavy (non-hydrogen) atoms. The highest BCUT2D eigenvalue weighted by atomic mass is 32.3. The number of thiophene rings is 1. The van der Waals surface area contributed by atoms with Gasteiger partial charge >= 0.3 is 0 Å². The third-order valence-electron chi connectivity index (χ3n) is 5.09. The number of nitrogens with one attached hydrogen (secondary N) is 1. The van der Waals surface area contributed by atoms with Crippen molar-refractivity contribution in [2.24, 2.45) is 5.14 Å². The lowest BCUT2D eigenvalue weighted by Crippen LogP contribution is -2.59. The van der Waals surface area contributed by atoms with Crippen LogP contribution >= 0.6 is 11.3 Å². The Balaban J connectivity index is 2.56. The van der Waals surface area contributed by atoms with E-state index >= 15 is 0 Å². The van der Waals surface area contributed by atoms with Gasteiger partial charge in [0.25, 0.3) is 0 Å². The topological polar surface area (TPSA) is 75.3 Å². The molecule has 1 aromatic heterocycles. The minimum atomic E-state index is -3.27. The first kappa shape index (κ1) is 22.2. The molecule has 0 saturated heterocycles. The van der Waals surface area contributed by atoms with Crippen LogP contribution in [0, 0.1) is 0 Å². The third kappa shape index (κ3) is 5.06. The van der Waals surface area contributed by atoms with Gasteiger partial charge in [-0.15, -0.1) is 17.1 Å². The first-order chi connectivity index (χ1) is 12.2. The van der Waals surface area contributed by atoms with Crippen molar-refractivity contribution in [1.29, 1.82) is 0 Å². The molecule has 0 radical (unpaired) electrons. The number of hydrogen-bond donors (Lipinski definition) is 4. The Morgan fingerprint density at radius 3 is 2.37 bits per heavy atom. The lowest BCUT2D eigenvalue weighted by atomic mass is 9.96. The second-order valence-corrected chi connectivity index (χ2v) is 17.8. The fourth-order valence-corrected chi connectivity index (χ4v) is 10.1. The molecule has 4 N–H and O–H groups in total. The predicted octanol–water partition coefficient (Wildman–Crippen LogP) is 4.40. The maximum absolute atomic E-state index is 13.5. The van der Waals surface area contributed by atoms with Gasteiger partial charge in [-0.3, -0.25) is 13.7 Å². The van der Waals surface area contributed by atoms with Gasteiger partial charge in [-0.2, -0.15) is 0 Å². The summed E-state index contributed by atoms with van der Waals surface area (Å²) in [6.07, 6.45) is 9.52. The summed E-state index contributed by atoms with van der Waals surface area (Å²) in [6.45, 7) is 14.2. The SMILES string of the molecule is CC(C)(O)c1cc([SH](N)(=O)N[Si](C)(C)C(C)(C)C)sc1C1=C=CC=CC=C1. The molecule has 150 valence electrons. The first-order valence-electron chi connectivity index (χ1n) is 9.01. The van der Waals surface area contributed by atoms with E-state index in [1.807, 2.05) is 30.4 Å². The quantitative estimate of drug-likeness (QED) is 0.321. The zero-order valence-electron chi connectivity index (χ0n) is 17.3. The molecule has 1 aliphatic rings. The zero-order valence-corrected chi connectivity index (χ0v) is 20.0. The number of allylic oxidation sites excluding steroid dienone is 5. The molecule has 1 aliphatic carbocycles. The molecule has 0 bridgehead atoms. The van der Waals surface area contributed by atoms with Crippen LogP contribution in [0.15, 0.2) is 46.4 Å². The van der Waals surface area contributed by atoms with Gasteiger partial charge in [-0.1, -0.05) is 52.1 Å². The standard InChI is InChI=1S/C20H32N2O2S2Si/c1-19(2,3)27(6,7)22-26(21,24)17-14-16(20(4,5)23)18(25-17)15-12-10-8-9-11-13-15/h8-12,14,23,26H,1-7H3,(H3,21,22,24). The molecule has 1 heterocycles. The van der Waals surface area contributed by atoms with Crippen LogP contribution in [0.2, 0.25) is 18.1 Å². The smallest absolute Gasteiger partial charge is 0.138 e. The molecule has 0 atom stereocenters. The van der Waals surface area contributed by atoms with E-state index in [0.717, 1.165) is 10.5 Å². The number of hydrogen-bond acceptors (Lipinski definition) is 3. The van der Waals surface area contributed by atoms with Gasteiger partial charge in [0.05, 0.1) is 9.81 Å². The number of thiol groups is 1. The van der Waals surface area contributed by atoms with E-state index in [1.165, 1.54) is 11.3 Å². The Labute approximate surface area is 169 Å². The molecule has 0 aromatic carbocycles. The fourth-order valence-electron chi connectivity index (χ4n) is 2.43. The van der Waals surface area contributed by atoms with E-state index in [9.17, 15) is 9.32 Å². The third-order valence-corrected chi connectivity index (χ3v) is 15.2. The molecule has 7 heteroatoms. The zero-order chi connectivity index (χ0) is 20.7. The van der Waals surface area contributed by atoms with Crippen LogP contribution in [0.1, 0.15) is 45.1 Å². The average Bonchev–Trinajstić information content (AvgIpc) is 2.77. The Morgan fingerprint density at radius 2 is 1.81 bits per heavy atom. The van der Waals surface area contributed by atoms with E-state index in [1.54, 1.807) is 19.9 Å². The lowest BCUT2D eigenvalue weighted by molar-refractivity contribution is 0.0787. The molecule has 0 aliphatic heterocycles. The van der Waals surface area contributed by atoms with Crippen molar-refractivity contribution in [1.82, 2.24) is 4.39 Å². The monoisotopic (exact) mass is 424 g/mol. The van der Waals surface area contributed by atoms with Crippen molar-refractivity contribution >= 4 is 35.5 Å². The Kier molecular flexibility index (Phi) is 6.10. The summed E-state index contributed by atoms with van der Waals surface area (Å²) in [5, 5.41) is 17.0. The van der Waals surface area contributed by atoms with Gasteiger partial charge in [0.2, 0.25) is 0 Å². The maximum atomic E-state index is 13.5. The Bertz CT molecular complexity index is 890. The van der Waals surface area contributed by atoms with Crippen molar-refractivity contribution in [2.45, 2.75) is 62.6 Å². The molecular formula is C20H32N2O2S2Si. The van der Waals surface area contributed by atoms with Crippen LogP contribution in [0.3, 0.4) is 0 Å². The minimum Gasteiger partial charge on any atom is -0.386 e. The summed E-state index contributed by atoms with van der Waals surface area (Å²) in [7, 11) is -5.34. The summed E-state index contributed by atoms with van der Waals surface area (Å²) in [6, 6.07) is 1.79. The van der Waals surface area contributed by atoms with Crippen LogP contribution in [0.5, 0.6) is 0 Å². The molecule has 0 unspecified atom stereocenters. The van der Waals surface area contributed by atoms with Gasteiger partial charge in [0.15, 0.2) is 0 Å². The largest absolute Gasteiger partial charge is 0.386 e. The normalized spacial score (nSPS) is 16.4. The number of nitrogens with two attached hydrogens (primary N) is 1. The fraction of sp³-hybridized carbons (Fsp3) is 0.450. The first-order valence-corrected chi connectivity index (χ1v) is 14.6. The summed E-state index contributed by atoms with van der Waals surface area (Å²) in [5.74, 6) is 0. The summed E-state index contributed by atoms with van der Waals surface area (Å²) >= 11 is 1.37. The molecule has 0 spiro atoms. The highest BCUT2D eigenvalue weighted by molar-refractivity contribution is 8.02. The summed E-state index contributed by atoms with van der Waals surface area (Å²) in [5.41, 5.74) is 3.71. The Hall–Kier alpha value is -1.05. The van der Waals surface area contributed by atoms with Crippen LogP contribution < -0.4 is 9.53 Å². The number of aliphatic hydroxyl groups is 1. The molecule has 4 nitrogen and oxygen atoms in total. The van der Waals surface area contributed by atoms with Gasteiger partial charge in [-0.05, 0) is 37.1 Å². The van der Waals surface area contributed by atoms with Crippen molar-refractivity contribution in [3.63, 3.8) is 0 Å². The van der Waals surface area contributed by atoms with Crippen LogP contribution in [0.4, 0.5) is 0 Å². The molecule has 0 amide bonds.